The van der Waals surface area contributed by atoms with E-state index in [1.165, 1.54) is 4.90 Å². The molecule has 4 atom stereocenters. The first-order valence-corrected chi connectivity index (χ1v) is 7.33. The minimum Gasteiger partial charge on any atom is -0.480 e. The molecule has 0 aromatic heterocycles. The second-order valence-corrected chi connectivity index (χ2v) is 6.29. The third-order valence-corrected chi connectivity index (χ3v) is 4.83. The van der Waals surface area contributed by atoms with Gasteiger partial charge < -0.3 is 14.9 Å². The van der Waals surface area contributed by atoms with Crippen molar-refractivity contribution in [3.63, 3.8) is 0 Å². The molecule has 0 spiro atoms. The van der Waals surface area contributed by atoms with E-state index in [1.807, 2.05) is 11.8 Å². The third kappa shape index (κ3) is 2.61. The van der Waals surface area contributed by atoms with Gasteiger partial charge in [-0.3, -0.25) is 4.90 Å². The molecule has 6 heteroatoms. The topological polar surface area (TPSA) is 64.1 Å². The Balaban J connectivity index is 2.09. The van der Waals surface area contributed by atoms with Crippen LogP contribution in [-0.2, 0) is 4.79 Å². The Morgan fingerprint density at radius 3 is 2.15 bits per heavy atom. The van der Waals surface area contributed by atoms with Crippen molar-refractivity contribution in [2.45, 2.75) is 45.3 Å². The molecular weight excluding hydrogens is 258 g/mol. The quantitative estimate of drug-likeness (QED) is 0.777. The molecule has 0 radical (unpaired) electrons. The summed E-state index contributed by atoms with van der Waals surface area (Å²) in [5.41, 5.74) is 0. The van der Waals surface area contributed by atoms with Gasteiger partial charge in [0.2, 0.25) is 0 Å². The van der Waals surface area contributed by atoms with Crippen LogP contribution in [0.3, 0.4) is 0 Å². The highest BCUT2D eigenvalue weighted by atomic mass is 16.4. The van der Waals surface area contributed by atoms with Crippen molar-refractivity contribution in [1.82, 2.24) is 14.7 Å². The molecule has 0 aliphatic carbocycles. The fourth-order valence-corrected chi connectivity index (χ4v) is 3.28. The summed E-state index contributed by atoms with van der Waals surface area (Å²) >= 11 is 0. The van der Waals surface area contributed by atoms with E-state index in [2.05, 4.69) is 25.8 Å². The number of rotatable bonds is 1. The first-order chi connectivity index (χ1) is 9.32. The van der Waals surface area contributed by atoms with E-state index < -0.39 is 12.0 Å². The van der Waals surface area contributed by atoms with Gasteiger partial charge in [0.25, 0.3) is 0 Å². The molecule has 2 heterocycles. The van der Waals surface area contributed by atoms with Gasteiger partial charge in [0, 0.05) is 31.7 Å². The van der Waals surface area contributed by atoms with Gasteiger partial charge in [0.1, 0.15) is 6.04 Å². The summed E-state index contributed by atoms with van der Waals surface area (Å²) in [5, 5.41) is 9.33. The Kier molecular flexibility index (Phi) is 4.22. The number of carboxylic acid groups (broad SMARTS) is 1. The predicted molar refractivity (Wildman–Crippen MR) is 75.6 cm³/mol. The van der Waals surface area contributed by atoms with Crippen molar-refractivity contribution < 1.29 is 14.7 Å². The Hall–Kier alpha value is -1.30. The molecule has 0 aromatic rings. The number of nitrogens with zero attached hydrogens (tertiary/aromatic N) is 3. The lowest BCUT2D eigenvalue weighted by Crippen LogP contribution is -2.60. The Morgan fingerprint density at radius 1 is 1.10 bits per heavy atom. The lowest BCUT2D eigenvalue weighted by molar-refractivity contribution is -0.142. The van der Waals surface area contributed by atoms with Crippen LogP contribution in [0.5, 0.6) is 0 Å². The highest BCUT2D eigenvalue weighted by molar-refractivity contribution is 5.83. The number of carbonyl (C=O) groups is 2. The number of amides is 2. The van der Waals surface area contributed by atoms with Crippen LogP contribution in [0.15, 0.2) is 0 Å². The Labute approximate surface area is 120 Å². The van der Waals surface area contributed by atoms with Gasteiger partial charge in [-0.25, -0.2) is 9.59 Å². The van der Waals surface area contributed by atoms with Gasteiger partial charge in [0.15, 0.2) is 0 Å². The molecule has 2 rings (SSSR count). The molecular formula is C14H25N3O3. The van der Waals surface area contributed by atoms with E-state index in [1.54, 1.807) is 0 Å². The number of likely N-dealkylation sites (N-methyl/N-ethyl adjacent to an activating group) is 1. The summed E-state index contributed by atoms with van der Waals surface area (Å²) in [6.07, 6.45) is 0.765. The molecule has 20 heavy (non-hydrogen) atoms. The first-order valence-electron chi connectivity index (χ1n) is 7.33. The maximum absolute atomic E-state index is 12.6. The molecule has 2 fully saturated rings. The number of hydrogen-bond acceptors (Lipinski definition) is 3. The van der Waals surface area contributed by atoms with Crippen molar-refractivity contribution >= 4 is 12.0 Å². The minimum atomic E-state index is -0.890. The largest absolute Gasteiger partial charge is 0.480 e. The molecule has 6 nitrogen and oxygen atoms in total. The van der Waals surface area contributed by atoms with Crippen LogP contribution in [0.25, 0.3) is 0 Å². The van der Waals surface area contributed by atoms with Gasteiger partial charge in [-0.2, -0.15) is 0 Å². The van der Waals surface area contributed by atoms with Crippen molar-refractivity contribution in [2.24, 2.45) is 5.92 Å². The maximum atomic E-state index is 12.6. The fraction of sp³-hybridized carbons (Fsp3) is 0.857. The maximum Gasteiger partial charge on any atom is 0.326 e. The Morgan fingerprint density at radius 2 is 1.65 bits per heavy atom. The highest BCUT2D eigenvalue weighted by Gasteiger charge is 2.42. The summed E-state index contributed by atoms with van der Waals surface area (Å²) < 4.78 is 0. The molecule has 114 valence electrons. The van der Waals surface area contributed by atoms with Crippen LogP contribution < -0.4 is 0 Å². The van der Waals surface area contributed by atoms with Crippen LogP contribution in [0.2, 0.25) is 0 Å². The molecule has 4 unspecified atom stereocenters. The molecule has 2 aliphatic heterocycles. The summed E-state index contributed by atoms with van der Waals surface area (Å²) in [6.45, 7) is 7.97. The smallest absolute Gasteiger partial charge is 0.326 e. The monoisotopic (exact) mass is 283 g/mol. The standard InChI is InChI=1S/C14H25N3O3/c1-9-5-6-17(12(9)13(18)19)14(20)16-7-10(2)15(4)11(3)8-16/h9-12H,5-8H2,1-4H3,(H,18,19). The van der Waals surface area contributed by atoms with Crippen LogP contribution in [0.4, 0.5) is 4.79 Å². The van der Waals surface area contributed by atoms with E-state index in [-0.39, 0.29) is 11.9 Å². The number of piperazine rings is 1. The lowest BCUT2D eigenvalue weighted by Gasteiger charge is -2.43. The van der Waals surface area contributed by atoms with Gasteiger partial charge in [-0.1, -0.05) is 6.92 Å². The van der Waals surface area contributed by atoms with Gasteiger partial charge in [0.05, 0.1) is 0 Å². The van der Waals surface area contributed by atoms with Crippen LogP contribution >= 0.6 is 0 Å². The molecule has 2 saturated heterocycles. The van der Waals surface area contributed by atoms with E-state index in [4.69, 9.17) is 0 Å². The zero-order chi connectivity index (χ0) is 15.0. The summed E-state index contributed by atoms with van der Waals surface area (Å²) in [5.74, 6) is -0.864. The van der Waals surface area contributed by atoms with E-state index >= 15 is 0 Å². The van der Waals surface area contributed by atoms with Crippen LogP contribution in [0, 0.1) is 5.92 Å². The summed E-state index contributed by atoms with van der Waals surface area (Å²) in [7, 11) is 2.06. The molecule has 0 bridgehead atoms. The third-order valence-electron chi connectivity index (χ3n) is 4.83. The number of likely N-dealkylation sites (tertiary alicyclic amines) is 1. The zero-order valence-corrected chi connectivity index (χ0v) is 12.7. The summed E-state index contributed by atoms with van der Waals surface area (Å²) in [6, 6.07) is -0.196. The molecule has 2 aliphatic rings. The number of hydrogen-bond donors (Lipinski definition) is 1. The average Bonchev–Trinajstić information content (AvgIpc) is 2.76. The highest BCUT2D eigenvalue weighted by Crippen LogP contribution is 2.26. The van der Waals surface area contributed by atoms with Gasteiger partial charge >= 0.3 is 12.0 Å². The normalized spacial score (nSPS) is 35.4. The van der Waals surface area contributed by atoms with E-state index in [0.717, 1.165) is 6.42 Å². The SMILES string of the molecule is CC1CCN(C(=O)N2CC(C)N(C)C(C)C2)C1C(=O)O. The van der Waals surface area contributed by atoms with Crippen LogP contribution in [0.1, 0.15) is 27.2 Å². The average molecular weight is 283 g/mol. The van der Waals surface area contributed by atoms with Crippen molar-refractivity contribution in [3.8, 4) is 0 Å². The van der Waals surface area contributed by atoms with Crippen molar-refractivity contribution in [2.75, 3.05) is 26.7 Å². The molecule has 2 amide bonds. The molecule has 0 saturated carbocycles. The van der Waals surface area contributed by atoms with Crippen molar-refractivity contribution in [3.05, 3.63) is 0 Å². The number of carboxylic acids is 1. The second kappa shape index (κ2) is 5.60. The first kappa shape index (κ1) is 15.1. The fourth-order valence-electron chi connectivity index (χ4n) is 3.28. The molecule has 1 N–H and O–H groups in total. The van der Waals surface area contributed by atoms with Crippen molar-refractivity contribution in [1.29, 1.82) is 0 Å². The lowest BCUT2D eigenvalue weighted by atomic mass is 10.0. The second-order valence-electron chi connectivity index (χ2n) is 6.29. The minimum absolute atomic E-state index is 0.0266. The molecule has 0 aromatic carbocycles. The number of aliphatic carboxylic acids is 1. The predicted octanol–water partition coefficient (Wildman–Crippen LogP) is 0.926. The number of carbonyl (C=O) groups excluding carboxylic acids is 1. The zero-order valence-electron chi connectivity index (χ0n) is 12.7. The number of urea groups is 1. The van der Waals surface area contributed by atoms with Gasteiger partial charge in [-0.15, -0.1) is 0 Å². The van der Waals surface area contributed by atoms with Crippen LogP contribution in [-0.4, -0.2) is 76.6 Å². The van der Waals surface area contributed by atoms with Gasteiger partial charge in [-0.05, 0) is 33.2 Å². The van der Waals surface area contributed by atoms with E-state index in [0.29, 0.717) is 31.7 Å². The van der Waals surface area contributed by atoms with E-state index in [9.17, 15) is 14.7 Å². The Bertz CT molecular complexity index is 389. The summed E-state index contributed by atoms with van der Waals surface area (Å²) in [4.78, 5) is 29.6.